The van der Waals surface area contributed by atoms with Crippen LogP contribution in [0.25, 0.3) is 0 Å². The number of halogens is 1. The largest absolute Gasteiger partial charge is 0.393 e. The lowest BCUT2D eigenvalue weighted by Gasteiger charge is -2.26. The lowest BCUT2D eigenvalue weighted by Crippen LogP contribution is -2.43. The normalized spacial score (nSPS) is 36.7. The van der Waals surface area contributed by atoms with Gasteiger partial charge in [-0.3, -0.25) is 9.59 Å². The third-order valence-electron chi connectivity index (χ3n) is 4.50. The van der Waals surface area contributed by atoms with Crippen LogP contribution >= 0.6 is 15.9 Å². The fourth-order valence-corrected chi connectivity index (χ4v) is 4.02. The first kappa shape index (κ1) is 13.2. The van der Waals surface area contributed by atoms with Gasteiger partial charge in [0, 0.05) is 4.47 Å². The van der Waals surface area contributed by atoms with E-state index >= 15 is 0 Å². The van der Waals surface area contributed by atoms with E-state index in [0.717, 1.165) is 0 Å². The number of fused-ring (bicyclic) bond motifs is 5. The molecule has 108 valence electrons. The zero-order valence-corrected chi connectivity index (χ0v) is 12.5. The number of hydrogen-bond acceptors (Lipinski definition) is 4. The van der Waals surface area contributed by atoms with Crippen LogP contribution in [0.1, 0.15) is 0 Å². The highest BCUT2D eigenvalue weighted by molar-refractivity contribution is 9.10. The number of nitrogens with zero attached hydrogens (tertiary/aromatic N) is 1. The van der Waals surface area contributed by atoms with Crippen molar-refractivity contribution < 1.29 is 19.4 Å². The van der Waals surface area contributed by atoms with Gasteiger partial charge in [0.05, 0.1) is 30.2 Å². The van der Waals surface area contributed by atoms with E-state index in [1.165, 1.54) is 4.90 Å². The fourth-order valence-electron chi connectivity index (χ4n) is 3.55. The number of para-hydroxylation sites is 1. The van der Waals surface area contributed by atoms with E-state index in [0.29, 0.717) is 10.2 Å². The summed E-state index contributed by atoms with van der Waals surface area (Å²) >= 11 is 3.38. The van der Waals surface area contributed by atoms with Crippen molar-refractivity contribution in [1.29, 1.82) is 0 Å². The Morgan fingerprint density at radius 2 is 2.05 bits per heavy atom. The molecule has 21 heavy (non-hydrogen) atoms. The minimum atomic E-state index is -1.04. The number of ether oxygens (including phenoxy) is 1. The Bertz CT molecular complexity index is 688. The van der Waals surface area contributed by atoms with Gasteiger partial charge in [0.2, 0.25) is 11.8 Å². The minimum Gasteiger partial charge on any atom is -0.393 e. The van der Waals surface area contributed by atoms with Crippen molar-refractivity contribution >= 4 is 33.4 Å². The molecule has 3 aliphatic heterocycles. The molecule has 2 fully saturated rings. The van der Waals surface area contributed by atoms with Crippen molar-refractivity contribution in [3.05, 3.63) is 40.9 Å². The molecule has 0 spiro atoms. The molecule has 0 aromatic heterocycles. The Kier molecular flexibility index (Phi) is 2.67. The first-order valence-corrected chi connectivity index (χ1v) is 7.49. The summed E-state index contributed by atoms with van der Waals surface area (Å²) in [7, 11) is 0. The van der Waals surface area contributed by atoms with Crippen LogP contribution in [0.2, 0.25) is 0 Å². The number of aliphatic hydroxyl groups excluding tert-OH is 1. The molecule has 0 unspecified atom stereocenters. The van der Waals surface area contributed by atoms with Crippen molar-refractivity contribution in [2.24, 2.45) is 11.8 Å². The summed E-state index contributed by atoms with van der Waals surface area (Å²) in [5, 5.41) is 9.64. The molecule has 3 heterocycles. The maximum absolute atomic E-state index is 12.8. The molecule has 3 aliphatic rings. The summed E-state index contributed by atoms with van der Waals surface area (Å²) in [6.45, 7) is -0.302. The summed E-state index contributed by atoms with van der Waals surface area (Å²) in [4.78, 5) is 26.7. The molecule has 1 aromatic carbocycles. The SMILES string of the molecule is O=C1[C@@H]2[C@H]3C=C[C@@](CO)(O3)[C@H]2C(=O)N1c1ccccc1Br. The molecule has 5 nitrogen and oxygen atoms in total. The predicted molar refractivity (Wildman–Crippen MR) is 77.4 cm³/mol. The third kappa shape index (κ3) is 1.52. The molecule has 6 heteroatoms. The van der Waals surface area contributed by atoms with Crippen LogP contribution in [0.3, 0.4) is 0 Å². The number of imide groups is 1. The van der Waals surface area contributed by atoms with Crippen molar-refractivity contribution in [1.82, 2.24) is 0 Å². The lowest BCUT2D eigenvalue weighted by atomic mass is 9.77. The van der Waals surface area contributed by atoms with Crippen molar-refractivity contribution in [3.63, 3.8) is 0 Å². The molecule has 4 atom stereocenters. The molecule has 1 aromatic rings. The van der Waals surface area contributed by atoms with E-state index in [2.05, 4.69) is 15.9 Å². The van der Waals surface area contributed by atoms with E-state index in [4.69, 9.17) is 4.74 Å². The molecule has 2 saturated heterocycles. The number of amides is 2. The maximum Gasteiger partial charge on any atom is 0.241 e. The number of rotatable bonds is 2. The lowest BCUT2D eigenvalue weighted by molar-refractivity contribution is -0.128. The fraction of sp³-hybridized carbons (Fsp3) is 0.333. The summed E-state index contributed by atoms with van der Waals surface area (Å²) in [5.41, 5.74) is -0.507. The van der Waals surface area contributed by atoms with Gasteiger partial charge in [-0.2, -0.15) is 0 Å². The number of benzene rings is 1. The Labute approximate surface area is 129 Å². The van der Waals surface area contributed by atoms with E-state index in [-0.39, 0.29) is 18.4 Å². The van der Waals surface area contributed by atoms with E-state index in [9.17, 15) is 14.7 Å². The van der Waals surface area contributed by atoms with Crippen LogP contribution in [0.15, 0.2) is 40.9 Å². The minimum absolute atomic E-state index is 0.262. The monoisotopic (exact) mass is 349 g/mol. The zero-order valence-electron chi connectivity index (χ0n) is 10.9. The second kappa shape index (κ2) is 4.25. The molecule has 0 radical (unpaired) electrons. The van der Waals surface area contributed by atoms with Gasteiger partial charge in [0.1, 0.15) is 5.60 Å². The van der Waals surface area contributed by atoms with Gasteiger partial charge in [-0.1, -0.05) is 24.3 Å². The number of carbonyl (C=O) groups excluding carboxylic acids is 2. The van der Waals surface area contributed by atoms with E-state index in [1.807, 2.05) is 6.07 Å². The summed E-state index contributed by atoms with van der Waals surface area (Å²) < 4.78 is 6.38. The number of hydrogen-bond donors (Lipinski definition) is 1. The summed E-state index contributed by atoms with van der Waals surface area (Å²) in [6.07, 6.45) is 3.06. The number of aliphatic hydroxyl groups is 1. The van der Waals surface area contributed by atoms with Gasteiger partial charge in [0.15, 0.2) is 0 Å². The molecule has 0 aliphatic carbocycles. The standard InChI is InChI=1S/C15H12BrNO4/c16-8-3-1-2-4-9(8)17-13(19)11-10-5-6-15(7-18,21-10)12(11)14(17)20/h1-6,10-12,18H,7H2/t10-,11-,12-,15+/m1/s1. The Balaban J connectivity index is 1.81. The Hall–Kier alpha value is -1.50. The van der Waals surface area contributed by atoms with Gasteiger partial charge in [0.25, 0.3) is 0 Å². The molecule has 4 rings (SSSR count). The highest BCUT2D eigenvalue weighted by Crippen LogP contribution is 2.52. The molecule has 2 amide bonds. The van der Waals surface area contributed by atoms with Gasteiger partial charge in [-0.05, 0) is 28.1 Å². The van der Waals surface area contributed by atoms with Crippen LogP contribution in [-0.4, -0.2) is 35.2 Å². The number of anilines is 1. The van der Waals surface area contributed by atoms with E-state index in [1.54, 1.807) is 30.4 Å². The van der Waals surface area contributed by atoms with Crippen LogP contribution in [0, 0.1) is 11.8 Å². The highest BCUT2D eigenvalue weighted by atomic mass is 79.9. The topological polar surface area (TPSA) is 66.8 Å². The molecular formula is C15H12BrNO4. The zero-order chi connectivity index (χ0) is 14.8. The van der Waals surface area contributed by atoms with Crippen LogP contribution in [-0.2, 0) is 14.3 Å². The Morgan fingerprint density at radius 3 is 2.76 bits per heavy atom. The van der Waals surface area contributed by atoms with Crippen molar-refractivity contribution in [2.75, 3.05) is 11.5 Å². The highest BCUT2D eigenvalue weighted by Gasteiger charge is 2.67. The summed E-state index contributed by atoms with van der Waals surface area (Å²) in [5.74, 6) is -1.75. The van der Waals surface area contributed by atoms with E-state index < -0.39 is 23.5 Å². The Morgan fingerprint density at radius 1 is 1.29 bits per heavy atom. The van der Waals surface area contributed by atoms with Crippen molar-refractivity contribution in [3.8, 4) is 0 Å². The third-order valence-corrected chi connectivity index (χ3v) is 5.17. The van der Waals surface area contributed by atoms with Crippen LogP contribution in [0.4, 0.5) is 5.69 Å². The molecule has 1 N–H and O–H groups in total. The van der Waals surface area contributed by atoms with Gasteiger partial charge < -0.3 is 9.84 Å². The average Bonchev–Trinajstić information content (AvgIpc) is 3.12. The predicted octanol–water partition coefficient (Wildman–Crippen LogP) is 1.25. The van der Waals surface area contributed by atoms with Crippen molar-refractivity contribution in [2.45, 2.75) is 11.7 Å². The first-order valence-electron chi connectivity index (χ1n) is 6.69. The van der Waals surface area contributed by atoms with Crippen LogP contribution in [0.5, 0.6) is 0 Å². The molecule has 2 bridgehead atoms. The molecular weight excluding hydrogens is 338 g/mol. The smallest absolute Gasteiger partial charge is 0.241 e. The average molecular weight is 350 g/mol. The number of carbonyl (C=O) groups is 2. The van der Waals surface area contributed by atoms with Crippen LogP contribution < -0.4 is 4.90 Å². The second-order valence-corrected chi connectivity index (χ2v) is 6.38. The van der Waals surface area contributed by atoms with Gasteiger partial charge in [-0.25, -0.2) is 4.90 Å². The second-order valence-electron chi connectivity index (χ2n) is 5.52. The quantitative estimate of drug-likeness (QED) is 0.644. The maximum atomic E-state index is 12.8. The van der Waals surface area contributed by atoms with Gasteiger partial charge in [-0.15, -0.1) is 0 Å². The molecule has 0 saturated carbocycles. The first-order chi connectivity index (χ1) is 10.1. The summed E-state index contributed by atoms with van der Waals surface area (Å²) in [6, 6.07) is 7.11. The van der Waals surface area contributed by atoms with Gasteiger partial charge >= 0.3 is 0 Å².